The SMILES string of the molecule is COC(=O)c1ccccc1N1C2=C(C(=O)CC(C)(C)C2)C(N)=C(C#N)C1c1ccc([N+](=O)[O-])cc1. The van der Waals surface area contributed by atoms with Crippen LogP contribution in [0.1, 0.15) is 48.7 Å². The number of methoxy groups -OCH3 is 1. The molecule has 0 spiro atoms. The molecule has 0 aromatic heterocycles. The second-order valence-corrected chi connectivity index (χ2v) is 9.33. The number of hydrogen-bond donors (Lipinski definition) is 1. The Balaban J connectivity index is 2.05. The Labute approximate surface area is 202 Å². The molecule has 2 aromatic rings. The summed E-state index contributed by atoms with van der Waals surface area (Å²) in [7, 11) is 1.28. The summed E-state index contributed by atoms with van der Waals surface area (Å²) in [6, 6.07) is 13.9. The highest BCUT2D eigenvalue weighted by Crippen LogP contribution is 2.50. The van der Waals surface area contributed by atoms with Gasteiger partial charge in [0, 0.05) is 24.3 Å². The van der Waals surface area contributed by atoms with Gasteiger partial charge in [0.1, 0.15) is 0 Å². The minimum absolute atomic E-state index is 0.0955. The normalized spacial score (nSPS) is 19.2. The van der Waals surface area contributed by atoms with E-state index in [0.29, 0.717) is 23.4 Å². The average molecular weight is 473 g/mol. The van der Waals surface area contributed by atoms with E-state index in [1.54, 1.807) is 41.3 Å². The van der Waals surface area contributed by atoms with Gasteiger partial charge in [-0.1, -0.05) is 26.0 Å². The van der Waals surface area contributed by atoms with Gasteiger partial charge in [-0.2, -0.15) is 5.26 Å². The van der Waals surface area contributed by atoms with Gasteiger partial charge in [0.05, 0.1) is 52.2 Å². The van der Waals surface area contributed by atoms with Gasteiger partial charge >= 0.3 is 5.97 Å². The maximum Gasteiger partial charge on any atom is 0.339 e. The van der Waals surface area contributed by atoms with Crippen LogP contribution in [-0.2, 0) is 9.53 Å². The number of nitrogens with zero attached hydrogens (tertiary/aromatic N) is 3. The van der Waals surface area contributed by atoms with Crippen molar-refractivity contribution < 1.29 is 19.2 Å². The van der Waals surface area contributed by atoms with Gasteiger partial charge < -0.3 is 15.4 Å². The van der Waals surface area contributed by atoms with Crippen LogP contribution < -0.4 is 10.6 Å². The van der Waals surface area contributed by atoms with E-state index in [0.717, 1.165) is 0 Å². The molecule has 2 N–H and O–H groups in total. The highest BCUT2D eigenvalue weighted by molar-refractivity contribution is 6.04. The first kappa shape index (κ1) is 23.7. The molecule has 1 aliphatic heterocycles. The summed E-state index contributed by atoms with van der Waals surface area (Å²) in [4.78, 5) is 38.4. The molecule has 4 rings (SSSR count). The number of anilines is 1. The highest BCUT2D eigenvalue weighted by Gasteiger charge is 2.44. The van der Waals surface area contributed by atoms with Crippen LogP contribution in [0.2, 0.25) is 0 Å². The minimum Gasteiger partial charge on any atom is -0.465 e. The van der Waals surface area contributed by atoms with Crippen molar-refractivity contribution in [3.8, 4) is 6.07 Å². The third kappa shape index (κ3) is 4.04. The summed E-state index contributed by atoms with van der Waals surface area (Å²) in [5, 5.41) is 21.4. The predicted molar refractivity (Wildman–Crippen MR) is 128 cm³/mol. The van der Waals surface area contributed by atoms with E-state index in [4.69, 9.17) is 10.5 Å². The number of rotatable bonds is 4. The monoisotopic (exact) mass is 472 g/mol. The summed E-state index contributed by atoms with van der Waals surface area (Å²) < 4.78 is 5.00. The van der Waals surface area contributed by atoms with Crippen LogP contribution in [-0.4, -0.2) is 23.8 Å². The fourth-order valence-corrected chi connectivity index (χ4v) is 4.83. The number of non-ortho nitro benzene ring substituents is 1. The molecule has 1 heterocycles. The number of carbonyl (C=O) groups is 2. The fraction of sp³-hybridized carbons (Fsp3) is 0.269. The number of benzene rings is 2. The average Bonchev–Trinajstić information content (AvgIpc) is 2.82. The van der Waals surface area contributed by atoms with Gasteiger partial charge in [-0.25, -0.2) is 4.79 Å². The third-order valence-corrected chi connectivity index (χ3v) is 6.34. The van der Waals surface area contributed by atoms with Crippen molar-refractivity contribution >= 4 is 23.1 Å². The number of allylic oxidation sites excluding steroid dienone is 2. The number of Topliss-reactive ketones (excluding diaryl/α,β-unsaturated/α-hetero) is 1. The molecule has 0 saturated carbocycles. The molecule has 0 radical (unpaired) electrons. The van der Waals surface area contributed by atoms with Crippen LogP contribution in [0.4, 0.5) is 11.4 Å². The highest BCUT2D eigenvalue weighted by atomic mass is 16.6. The maximum atomic E-state index is 13.3. The van der Waals surface area contributed by atoms with Gasteiger partial charge in [0.15, 0.2) is 5.78 Å². The second-order valence-electron chi connectivity index (χ2n) is 9.33. The number of nitrogens with two attached hydrogens (primary N) is 1. The van der Waals surface area contributed by atoms with E-state index in [9.17, 15) is 25.0 Å². The number of ether oxygens (including phenoxy) is 1. The molecule has 0 fully saturated rings. The Morgan fingerprint density at radius 1 is 1.20 bits per heavy atom. The molecule has 1 aliphatic carbocycles. The van der Waals surface area contributed by atoms with Crippen LogP contribution in [0, 0.1) is 26.9 Å². The lowest BCUT2D eigenvalue weighted by atomic mass is 9.72. The molecule has 178 valence electrons. The Morgan fingerprint density at radius 2 is 1.86 bits per heavy atom. The second kappa shape index (κ2) is 8.72. The van der Waals surface area contributed by atoms with Crippen LogP contribution in [0.5, 0.6) is 0 Å². The zero-order chi connectivity index (χ0) is 25.5. The maximum absolute atomic E-state index is 13.3. The summed E-state index contributed by atoms with van der Waals surface area (Å²) in [6.45, 7) is 3.94. The summed E-state index contributed by atoms with van der Waals surface area (Å²) in [5.41, 5.74) is 8.31. The van der Waals surface area contributed by atoms with E-state index in [1.165, 1.54) is 19.2 Å². The van der Waals surface area contributed by atoms with Crippen LogP contribution >= 0.6 is 0 Å². The molecule has 0 amide bonds. The summed E-state index contributed by atoms with van der Waals surface area (Å²) in [6.07, 6.45) is 0.729. The van der Waals surface area contributed by atoms with Crippen molar-refractivity contribution in [3.63, 3.8) is 0 Å². The number of para-hydroxylation sites is 1. The minimum atomic E-state index is -0.813. The van der Waals surface area contributed by atoms with Crippen molar-refractivity contribution in [3.05, 3.63) is 92.3 Å². The van der Waals surface area contributed by atoms with Crippen LogP contribution in [0.15, 0.2) is 71.1 Å². The van der Waals surface area contributed by atoms with Crippen molar-refractivity contribution in [1.82, 2.24) is 0 Å². The van der Waals surface area contributed by atoms with Gasteiger partial charge in [0.2, 0.25) is 0 Å². The molecule has 9 nitrogen and oxygen atoms in total. The molecule has 0 saturated heterocycles. The van der Waals surface area contributed by atoms with Crippen molar-refractivity contribution in [2.24, 2.45) is 11.1 Å². The topological polar surface area (TPSA) is 140 Å². The molecular weight excluding hydrogens is 448 g/mol. The number of hydrogen-bond acceptors (Lipinski definition) is 8. The largest absolute Gasteiger partial charge is 0.465 e. The molecule has 9 heteroatoms. The zero-order valence-electron chi connectivity index (χ0n) is 19.6. The van der Waals surface area contributed by atoms with Crippen LogP contribution in [0.25, 0.3) is 0 Å². The lowest BCUT2D eigenvalue weighted by Crippen LogP contribution is -2.42. The first-order chi connectivity index (χ1) is 16.6. The van der Waals surface area contributed by atoms with Gasteiger partial charge in [-0.15, -0.1) is 0 Å². The Hall–Kier alpha value is -4.45. The molecule has 1 unspecified atom stereocenters. The number of esters is 1. The lowest BCUT2D eigenvalue weighted by molar-refractivity contribution is -0.384. The molecule has 0 bridgehead atoms. The molecular formula is C26H24N4O5. The Morgan fingerprint density at radius 3 is 2.46 bits per heavy atom. The predicted octanol–water partition coefficient (Wildman–Crippen LogP) is 4.32. The van der Waals surface area contributed by atoms with Gasteiger partial charge in [-0.05, 0) is 41.7 Å². The van der Waals surface area contributed by atoms with E-state index in [-0.39, 0.29) is 40.3 Å². The smallest absolute Gasteiger partial charge is 0.339 e. The standard InChI is InChI=1S/C26H24N4O5/c1-26(2)12-20-22(21(31)13-26)23(28)18(14-27)24(15-8-10-16(11-9-15)30(33)34)29(20)19-7-5-4-6-17(19)25(32)35-3/h4-11,24H,12-13,28H2,1-3H3. The van der Waals surface area contributed by atoms with E-state index >= 15 is 0 Å². The van der Waals surface area contributed by atoms with Crippen molar-refractivity contribution in [2.45, 2.75) is 32.7 Å². The molecule has 1 atom stereocenters. The number of ketones is 1. The third-order valence-electron chi connectivity index (χ3n) is 6.34. The number of carbonyl (C=O) groups excluding carboxylic acids is 2. The molecule has 2 aromatic carbocycles. The Bertz CT molecular complexity index is 1350. The number of nitro benzene ring substituents is 1. The fourth-order valence-electron chi connectivity index (χ4n) is 4.83. The first-order valence-corrected chi connectivity index (χ1v) is 11.0. The van der Waals surface area contributed by atoms with Crippen molar-refractivity contribution in [2.75, 3.05) is 12.0 Å². The summed E-state index contributed by atoms with van der Waals surface area (Å²) >= 11 is 0. The van der Waals surface area contributed by atoms with E-state index in [2.05, 4.69) is 6.07 Å². The zero-order valence-corrected chi connectivity index (χ0v) is 19.6. The first-order valence-electron chi connectivity index (χ1n) is 11.0. The van der Waals surface area contributed by atoms with E-state index < -0.39 is 22.3 Å². The van der Waals surface area contributed by atoms with Gasteiger partial charge in [-0.3, -0.25) is 14.9 Å². The van der Waals surface area contributed by atoms with Crippen LogP contribution in [0.3, 0.4) is 0 Å². The summed E-state index contributed by atoms with van der Waals surface area (Å²) in [5.74, 6) is -0.753. The van der Waals surface area contributed by atoms with E-state index in [1.807, 2.05) is 13.8 Å². The lowest BCUT2D eigenvalue weighted by Gasteiger charge is -2.45. The van der Waals surface area contributed by atoms with Gasteiger partial charge in [0.25, 0.3) is 5.69 Å². The Kier molecular flexibility index (Phi) is 5.91. The molecule has 35 heavy (non-hydrogen) atoms. The quantitative estimate of drug-likeness (QED) is 0.394. The van der Waals surface area contributed by atoms with Crippen molar-refractivity contribution in [1.29, 1.82) is 5.26 Å². The number of nitriles is 1. The number of nitro groups is 1. The molecule has 2 aliphatic rings.